The molecule has 1 saturated heterocycles. The van der Waals surface area contributed by atoms with Crippen molar-refractivity contribution in [3.8, 4) is 0 Å². The van der Waals surface area contributed by atoms with Crippen molar-refractivity contribution in [2.75, 3.05) is 6.54 Å². The Kier molecular flexibility index (Phi) is 4.82. The number of fused-ring (bicyclic) bond motifs is 4. The highest BCUT2D eigenvalue weighted by molar-refractivity contribution is 5.97. The van der Waals surface area contributed by atoms with E-state index in [2.05, 4.69) is 55.2 Å². The minimum Gasteiger partial charge on any atom is -0.356 e. The summed E-state index contributed by atoms with van der Waals surface area (Å²) in [4.78, 5) is 34.8. The standard InChI is InChI=1S/C28H31N3O2/c1-17(2)18-11-13-19(14-12-18)27-26-22(21-9-5-6-10-23(21)29-26)15-24-28(33)30(16-25(32)31(24)27)20-7-3-4-8-20/h5-6,9-14,17,20,24,27,29H,3-4,7-8,15-16H2,1-2H3/t24-,27?/m1/s1. The van der Waals surface area contributed by atoms with Crippen molar-refractivity contribution in [1.29, 1.82) is 0 Å². The van der Waals surface area contributed by atoms with Gasteiger partial charge in [-0.1, -0.05) is 69.2 Å². The molecule has 2 fully saturated rings. The zero-order valence-corrected chi connectivity index (χ0v) is 19.4. The Morgan fingerprint density at radius 3 is 2.42 bits per heavy atom. The molecule has 2 aliphatic heterocycles. The van der Waals surface area contributed by atoms with Gasteiger partial charge in [-0.05, 0) is 41.5 Å². The van der Waals surface area contributed by atoms with E-state index < -0.39 is 6.04 Å². The van der Waals surface area contributed by atoms with Crippen molar-refractivity contribution in [1.82, 2.24) is 14.8 Å². The fourth-order valence-electron chi connectivity index (χ4n) is 6.22. The van der Waals surface area contributed by atoms with Gasteiger partial charge >= 0.3 is 0 Å². The second kappa shape index (κ2) is 7.75. The fraction of sp³-hybridized carbons (Fsp3) is 0.429. The second-order valence-corrected chi connectivity index (χ2v) is 10.2. The van der Waals surface area contributed by atoms with E-state index >= 15 is 0 Å². The summed E-state index contributed by atoms with van der Waals surface area (Å²) < 4.78 is 0. The molecule has 1 aromatic heterocycles. The first kappa shape index (κ1) is 20.5. The predicted octanol–water partition coefficient (Wildman–Crippen LogP) is 4.92. The number of H-pyrrole nitrogens is 1. The third-order valence-corrected chi connectivity index (χ3v) is 7.98. The molecule has 1 saturated carbocycles. The number of amides is 2. The van der Waals surface area contributed by atoms with Crippen LogP contribution in [0.3, 0.4) is 0 Å². The average molecular weight is 442 g/mol. The number of para-hydroxylation sites is 1. The quantitative estimate of drug-likeness (QED) is 0.627. The van der Waals surface area contributed by atoms with Gasteiger partial charge in [0.2, 0.25) is 11.8 Å². The van der Waals surface area contributed by atoms with E-state index in [0.717, 1.165) is 47.8 Å². The predicted molar refractivity (Wildman–Crippen MR) is 129 cm³/mol. The number of rotatable bonds is 3. The third-order valence-electron chi connectivity index (χ3n) is 7.98. The van der Waals surface area contributed by atoms with Gasteiger partial charge in [0.1, 0.15) is 12.6 Å². The highest BCUT2D eigenvalue weighted by Crippen LogP contribution is 2.43. The maximum Gasteiger partial charge on any atom is 0.246 e. The van der Waals surface area contributed by atoms with Crippen LogP contribution in [0.4, 0.5) is 0 Å². The molecular weight excluding hydrogens is 410 g/mol. The minimum atomic E-state index is -0.437. The first-order chi connectivity index (χ1) is 16.0. The molecule has 2 atom stereocenters. The molecule has 0 bridgehead atoms. The minimum absolute atomic E-state index is 0.0637. The lowest BCUT2D eigenvalue weighted by Gasteiger charge is -2.48. The van der Waals surface area contributed by atoms with Crippen LogP contribution in [0.5, 0.6) is 0 Å². The molecule has 1 N–H and O–H groups in total. The molecule has 1 aliphatic carbocycles. The van der Waals surface area contributed by atoms with Crippen LogP contribution < -0.4 is 0 Å². The van der Waals surface area contributed by atoms with Crippen molar-refractivity contribution in [3.63, 3.8) is 0 Å². The van der Waals surface area contributed by atoms with Gasteiger partial charge in [-0.2, -0.15) is 0 Å². The largest absolute Gasteiger partial charge is 0.356 e. The third kappa shape index (κ3) is 3.20. The Morgan fingerprint density at radius 2 is 1.70 bits per heavy atom. The summed E-state index contributed by atoms with van der Waals surface area (Å²) in [5, 5.41) is 1.16. The average Bonchev–Trinajstić information content (AvgIpc) is 3.48. The van der Waals surface area contributed by atoms with E-state index in [1.165, 1.54) is 11.1 Å². The molecule has 5 heteroatoms. The maximum atomic E-state index is 13.8. The molecule has 0 spiro atoms. The van der Waals surface area contributed by atoms with Crippen molar-refractivity contribution >= 4 is 22.7 Å². The Morgan fingerprint density at radius 1 is 0.970 bits per heavy atom. The number of aromatic nitrogens is 1. The van der Waals surface area contributed by atoms with Crippen LogP contribution in [-0.2, 0) is 16.0 Å². The maximum absolute atomic E-state index is 13.8. The fourth-order valence-corrected chi connectivity index (χ4v) is 6.22. The number of hydrogen-bond acceptors (Lipinski definition) is 2. The Hall–Kier alpha value is -3.08. The molecule has 0 radical (unpaired) electrons. The van der Waals surface area contributed by atoms with Gasteiger partial charge in [0, 0.05) is 29.1 Å². The van der Waals surface area contributed by atoms with Crippen LogP contribution in [0.1, 0.15) is 73.9 Å². The molecule has 5 nitrogen and oxygen atoms in total. The summed E-state index contributed by atoms with van der Waals surface area (Å²) in [7, 11) is 0. The van der Waals surface area contributed by atoms with Gasteiger partial charge < -0.3 is 14.8 Å². The second-order valence-electron chi connectivity index (χ2n) is 10.2. The van der Waals surface area contributed by atoms with Crippen LogP contribution in [-0.4, -0.2) is 45.2 Å². The Labute approximate surface area is 194 Å². The molecule has 2 amide bonds. The zero-order chi connectivity index (χ0) is 22.7. The number of nitrogens with zero attached hydrogens (tertiary/aromatic N) is 2. The Bertz CT molecular complexity index is 1220. The van der Waals surface area contributed by atoms with Crippen LogP contribution in [0.15, 0.2) is 48.5 Å². The van der Waals surface area contributed by atoms with Crippen LogP contribution in [0.25, 0.3) is 10.9 Å². The van der Waals surface area contributed by atoms with E-state index in [1.54, 1.807) is 0 Å². The van der Waals surface area contributed by atoms with Gasteiger partial charge in [-0.3, -0.25) is 9.59 Å². The van der Waals surface area contributed by atoms with Crippen LogP contribution in [0, 0.1) is 0 Å². The summed E-state index contributed by atoms with van der Waals surface area (Å²) in [6, 6.07) is 16.4. The molecule has 33 heavy (non-hydrogen) atoms. The number of hydrogen-bond donors (Lipinski definition) is 1. The first-order valence-corrected chi connectivity index (χ1v) is 12.3. The van der Waals surface area contributed by atoms with Crippen molar-refractivity contribution in [2.45, 2.75) is 70.0 Å². The van der Waals surface area contributed by atoms with Crippen molar-refractivity contribution < 1.29 is 9.59 Å². The molecule has 3 aliphatic rings. The lowest BCUT2D eigenvalue weighted by atomic mass is 9.85. The van der Waals surface area contributed by atoms with Crippen molar-refractivity contribution in [2.24, 2.45) is 0 Å². The van der Waals surface area contributed by atoms with Crippen LogP contribution in [0.2, 0.25) is 0 Å². The smallest absolute Gasteiger partial charge is 0.246 e. The first-order valence-electron chi connectivity index (χ1n) is 12.3. The molecule has 3 aromatic rings. The Balaban J connectivity index is 1.49. The number of carbonyl (C=O) groups is 2. The van der Waals surface area contributed by atoms with Gasteiger partial charge in [0.05, 0.1) is 6.04 Å². The monoisotopic (exact) mass is 441 g/mol. The zero-order valence-electron chi connectivity index (χ0n) is 19.4. The highest BCUT2D eigenvalue weighted by Gasteiger charge is 2.49. The summed E-state index contributed by atoms with van der Waals surface area (Å²) in [6.07, 6.45) is 4.91. The number of benzene rings is 2. The number of carbonyl (C=O) groups excluding carboxylic acids is 2. The molecule has 1 unspecified atom stereocenters. The summed E-state index contributed by atoms with van der Waals surface area (Å²) in [5.41, 5.74) is 5.64. The lowest BCUT2D eigenvalue weighted by molar-refractivity contribution is -0.160. The molecular formula is C28H31N3O2. The van der Waals surface area contributed by atoms with Crippen molar-refractivity contribution in [3.05, 3.63) is 70.9 Å². The molecule has 3 heterocycles. The lowest BCUT2D eigenvalue weighted by Crippen LogP contribution is -2.64. The van der Waals surface area contributed by atoms with E-state index in [0.29, 0.717) is 12.3 Å². The van der Waals surface area contributed by atoms with Gasteiger partial charge in [-0.15, -0.1) is 0 Å². The van der Waals surface area contributed by atoms with Gasteiger partial charge in [0.25, 0.3) is 0 Å². The highest BCUT2D eigenvalue weighted by atomic mass is 16.2. The normalized spacial score (nSPS) is 23.5. The van der Waals surface area contributed by atoms with Crippen LogP contribution >= 0.6 is 0 Å². The van der Waals surface area contributed by atoms with Gasteiger partial charge in [-0.25, -0.2) is 0 Å². The molecule has 6 rings (SSSR count). The molecule has 170 valence electrons. The van der Waals surface area contributed by atoms with E-state index in [9.17, 15) is 9.59 Å². The number of piperazine rings is 1. The number of aromatic amines is 1. The summed E-state index contributed by atoms with van der Waals surface area (Å²) >= 11 is 0. The SMILES string of the molecule is CC(C)c1ccc(C2c3[nH]c4ccccc4c3C[C@@H]3C(=O)N(C4CCCC4)CC(=O)N23)cc1. The summed E-state index contributed by atoms with van der Waals surface area (Å²) in [5.74, 6) is 0.634. The van der Waals surface area contributed by atoms with E-state index in [-0.39, 0.29) is 30.4 Å². The number of nitrogens with one attached hydrogen (secondary N) is 1. The van der Waals surface area contributed by atoms with E-state index in [1.807, 2.05) is 21.9 Å². The topological polar surface area (TPSA) is 56.4 Å². The molecule has 2 aromatic carbocycles. The summed E-state index contributed by atoms with van der Waals surface area (Å²) in [6.45, 7) is 4.58. The van der Waals surface area contributed by atoms with E-state index in [4.69, 9.17) is 0 Å². The van der Waals surface area contributed by atoms with Gasteiger partial charge in [0.15, 0.2) is 0 Å².